The lowest BCUT2D eigenvalue weighted by molar-refractivity contribution is 0.131. The summed E-state index contributed by atoms with van der Waals surface area (Å²) in [6.07, 6.45) is 0. The van der Waals surface area contributed by atoms with Crippen molar-refractivity contribution in [2.45, 2.75) is 59.2 Å². The Morgan fingerprint density at radius 1 is 1.05 bits per heavy atom. The Morgan fingerprint density at radius 3 is 2.05 bits per heavy atom. The van der Waals surface area contributed by atoms with Crippen LogP contribution in [0.25, 0.3) is 0 Å². The largest absolute Gasteiger partial charge is 0.488 e. The van der Waals surface area contributed by atoms with Crippen LogP contribution in [-0.4, -0.2) is 17.7 Å². The Bertz CT molecular complexity index is 433. The van der Waals surface area contributed by atoms with E-state index in [-0.39, 0.29) is 23.7 Å². The Hall–Kier alpha value is -1.71. The lowest BCUT2D eigenvalue weighted by atomic mass is 10.1. The first kappa shape index (κ1) is 16.3. The number of amides is 2. The van der Waals surface area contributed by atoms with Crippen LogP contribution in [0.5, 0.6) is 5.75 Å². The molecular weight excluding hydrogens is 252 g/mol. The van der Waals surface area contributed by atoms with Crippen molar-refractivity contribution in [3.8, 4) is 5.75 Å². The van der Waals surface area contributed by atoms with E-state index in [4.69, 9.17) is 4.74 Å². The van der Waals surface area contributed by atoms with E-state index in [0.717, 1.165) is 11.3 Å². The maximum atomic E-state index is 11.6. The molecule has 1 atom stereocenters. The zero-order valence-electron chi connectivity index (χ0n) is 13.3. The second-order valence-corrected chi connectivity index (χ2v) is 6.28. The third-order valence-corrected chi connectivity index (χ3v) is 2.57. The highest BCUT2D eigenvalue weighted by atomic mass is 16.5. The van der Waals surface area contributed by atoms with Crippen LogP contribution in [0.3, 0.4) is 0 Å². The van der Waals surface area contributed by atoms with Crippen LogP contribution in [0.1, 0.15) is 53.1 Å². The third-order valence-electron chi connectivity index (χ3n) is 2.57. The van der Waals surface area contributed by atoms with Gasteiger partial charge in [0.1, 0.15) is 11.4 Å². The zero-order valence-corrected chi connectivity index (χ0v) is 13.3. The SMILES string of the molecule is CC(C)NC(=O)NC(C)c1ccc(OC(C)(C)C)cc1. The summed E-state index contributed by atoms with van der Waals surface area (Å²) in [5.74, 6) is 0.833. The molecule has 0 aliphatic carbocycles. The van der Waals surface area contributed by atoms with Crippen molar-refractivity contribution in [3.63, 3.8) is 0 Å². The molecule has 1 unspecified atom stereocenters. The molecule has 0 saturated carbocycles. The molecule has 4 heteroatoms. The highest BCUT2D eigenvalue weighted by Crippen LogP contribution is 2.21. The topological polar surface area (TPSA) is 50.4 Å². The van der Waals surface area contributed by atoms with Crippen molar-refractivity contribution in [2.24, 2.45) is 0 Å². The molecule has 0 saturated heterocycles. The molecule has 1 rings (SSSR count). The van der Waals surface area contributed by atoms with Crippen LogP contribution in [-0.2, 0) is 0 Å². The van der Waals surface area contributed by atoms with E-state index in [1.807, 2.05) is 65.8 Å². The average molecular weight is 278 g/mol. The molecular formula is C16H26N2O2. The fourth-order valence-corrected chi connectivity index (χ4v) is 1.76. The van der Waals surface area contributed by atoms with Crippen LogP contribution in [0, 0.1) is 0 Å². The molecule has 0 radical (unpaired) electrons. The summed E-state index contributed by atoms with van der Waals surface area (Å²) in [5.41, 5.74) is 0.841. The first-order chi connectivity index (χ1) is 9.17. The maximum Gasteiger partial charge on any atom is 0.315 e. The Morgan fingerprint density at radius 2 is 1.60 bits per heavy atom. The van der Waals surface area contributed by atoms with Crippen molar-refractivity contribution >= 4 is 6.03 Å². The molecule has 0 heterocycles. The molecule has 2 N–H and O–H groups in total. The highest BCUT2D eigenvalue weighted by molar-refractivity contribution is 5.74. The number of hydrogen-bond donors (Lipinski definition) is 2. The van der Waals surface area contributed by atoms with Gasteiger partial charge >= 0.3 is 6.03 Å². The molecule has 1 aromatic rings. The summed E-state index contributed by atoms with van der Waals surface area (Å²) in [4.78, 5) is 11.6. The van der Waals surface area contributed by atoms with Crippen molar-refractivity contribution < 1.29 is 9.53 Å². The van der Waals surface area contributed by atoms with E-state index in [9.17, 15) is 4.79 Å². The van der Waals surface area contributed by atoms with Crippen molar-refractivity contribution in [3.05, 3.63) is 29.8 Å². The molecule has 0 aromatic heterocycles. The van der Waals surface area contributed by atoms with Gasteiger partial charge in [-0.05, 0) is 59.2 Å². The minimum atomic E-state index is -0.206. The number of rotatable bonds is 4. The molecule has 20 heavy (non-hydrogen) atoms. The Kier molecular flexibility index (Phi) is 5.43. The monoisotopic (exact) mass is 278 g/mol. The van der Waals surface area contributed by atoms with Crippen LogP contribution >= 0.6 is 0 Å². The van der Waals surface area contributed by atoms with Crippen LogP contribution in [0.15, 0.2) is 24.3 Å². The number of urea groups is 1. The summed E-state index contributed by atoms with van der Waals surface area (Å²) in [7, 11) is 0. The van der Waals surface area contributed by atoms with Gasteiger partial charge in [0.25, 0.3) is 0 Å². The van der Waals surface area contributed by atoms with Crippen molar-refractivity contribution in [1.82, 2.24) is 10.6 Å². The normalized spacial score (nSPS) is 12.9. The molecule has 0 aliphatic rings. The Labute approximate surface area is 121 Å². The quantitative estimate of drug-likeness (QED) is 0.883. The summed E-state index contributed by atoms with van der Waals surface area (Å²) < 4.78 is 5.77. The van der Waals surface area contributed by atoms with E-state index in [0.29, 0.717) is 0 Å². The fourth-order valence-electron chi connectivity index (χ4n) is 1.76. The zero-order chi connectivity index (χ0) is 15.3. The maximum absolute atomic E-state index is 11.6. The standard InChI is InChI=1S/C16H26N2O2/c1-11(2)17-15(19)18-12(3)13-7-9-14(10-8-13)20-16(4,5)6/h7-12H,1-6H3,(H2,17,18,19). The van der Waals surface area contributed by atoms with Gasteiger partial charge in [-0.2, -0.15) is 0 Å². The molecule has 0 fully saturated rings. The van der Waals surface area contributed by atoms with E-state index >= 15 is 0 Å². The van der Waals surface area contributed by atoms with Gasteiger partial charge < -0.3 is 15.4 Å². The minimum Gasteiger partial charge on any atom is -0.488 e. The van der Waals surface area contributed by atoms with Gasteiger partial charge in [-0.3, -0.25) is 0 Å². The summed E-state index contributed by atoms with van der Waals surface area (Å²) >= 11 is 0. The highest BCUT2D eigenvalue weighted by Gasteiger charge is 2.13. The van der Waals surface area contributed by atoms with E-state index in [2.05, 4.69) is 10.6 Å². The number of benzene rings is 1. The summed E-state index contributed by atoms with van der Waals surface area (Å²) in [6, 6.07) is 7.74. The third kappa shape index (κ3) is 5.95. The molecule has 112 valence electrons. The lowest BCUT2D eigenvalue weighted by Crippen LogP contribution is -2.40. The second kappa shape index (κ2) is 6.64. The lowest BCUT2D eigenvalue weighted by Gasteiger charge is -2.22. The van der Waals surface area contributed by atoms with Crippen LogP contribution in [0.4, 0.5) is 4.79 Å². The molecule has 0 spiro atoms. The van der Waals surface area contributed by atoms with Gasteiger partial charge in [0.15, 0.2) is 0 Å². The average Bonchev–Trinajstić information content (AvgIpc) is 2.26. The predicted molar refractivity (Wildman–Crippen MR) is 82.0 cm³/mol. The minimum absolute atomic E-state index is 0.0440. The Balaban J connectivity index is 2.61. The number of ether oxygens (including phenoxy) is 1. The fraction of sp³-hybridized carbons (Fsp3) is 0.562. The van der Waals surface area contributed by atoms with Gasteiger partial charge in [-0.15, -0.1) is 0 Å². The van der Waals surface area contributed by atoms with Gasteiger partial charge in [0, 0.05) is 6.04 Å². The molecule has 0 bridgehead atoms. The van der Waals surface area contributed by atoms with E-state index in [1.165, 1.54) is 0 Å². The van der Waals surface area contributed by atoms with Crippen molar-refractivity contribution in [2.75, 3.05) is 0 Å². The molecule has 0 aliphatic heterocycles. The van der Waals surface area contributed by atoms with Crippen LogP contribution in [0.2, 0.25) is 0 Å². The van der Waals surface area contributed by atoms with Gasteiger partial charge in [-0.25, -0.2) is 4.79 Å². The summed E-state index contributed by atoms with van der Waals surface area (Å²) in [6.45, 7) is 11.9. The van der Waals surface area contributed by atoms with Gasteiger partial charge in [0.2, 0.25) is 0 Å². The molecule has 1 aromatic carbocycles. The smallest absolute Gasteiger partial charge is 0.315 e. The number of hydrogen-bond acceptors (Lipinski definition) is 2. The number of nitrogens with one attached hydrogen (secondary N) is 2. The molecule has 4 nitrogen and oxygen atoms in total. The van der Waals surface area contributed by atoms with E-state index in [1.54, 1.807) is 0 Å². The number of carbonyl (C=O) groups excluding carboxylic acids is 1. The van der Waals surface area contributed by atoms with Crippen molar-refractivity contribution in [1.29, 1.82) is 0 Å². The summed E-state index contributed by atoms with van der Waals surface area (Å²) in [5, 5.41) is 5.72. The second-order valence-electron chi connectivity index (χ2n) is 6.28. The first-order valence-electron chi connectivity index (χ1n) is 7.03. The van der Waals surface area contributed by atoms with Gasteiger partial charge in [-0.1, -0.05) is 12.1 Å². The number of carbonyl (C=O) groups is 1. The van der Waals surface area contributed by atoms with E-state index < -0.39 is 0 Å². The first-order valence-corrected chi connectivity index (χ1v) is 7.03. The van der Waals surface area contributed by atoms with Gasteiger partial charge in [0.05, 0.1) is 6.04 Å². The predicted octanol–water partition coefficient (Wildman–Crippen LogP) is 3.63. The molecule has 2 amide bonds. The van der Waals surface area contributed by atoms with Crippen LogP contribution < -0.4 is 15.4 Å².